The summed E-state index contributed by atoms with van der Waals surface area (Å²) in [6, 6.07) is 12.2. The normalized spacial score (nSPS) is 10.5. The van der Waals surface area contributed by atoms with Crippen LogP contribution in [0.2, 0.25) is 0 Å². The lowest BCUT2D eigenvalue weighted by Gasteiger charge is -2.00. The van der Waals surface area contributed by atoms with Gasteiger partial charge < -0.3 is 5.32 Å². The highest BCUT2D eigenvalue weighted by Crippen LogP contribution is 2.06. The predicted molar refractivity (Wildman–Crippen MR) is 60.9 cm³/mol. The zero-order valence-corrected chi connectivity index (χ0v) is 8.85. The Morgan fingerprint density at radius 2 is 2.00 bits per heavy atom. The molecule has 1 aromatic heterocycles. The second-order valence-corrected chi connectivity index (χ2v) is 3.37. The van der Waals surface area contributed by atoms with Crippen molar-refractivity contribution in [3.8, 4) is 5.69 Å². The van der Waals surface area contributed by atoms with E-state index in [0.29, 0.717) is 0 Å². The van der Waals surface area contributed by atoms with E-state index in [1.54, 1.807) is 0 Å². The van der Waals surface area contributed by atoms with Crippen LogP contribution < -0.4 is 5.32 Å². The molecule has 0 amide bonds. The Balaban J connectivity index is 2.14. The van der Waals surface area contributed by atoms with Crippen molar-refractivity contribution in [2.24, 2.45) is 0 Å². The number of benzene rings is 1. The van der Waals surface area contributed by atoms with Crippen LogP contribution in [0.1, 0.15) is 12.6 Å². The smallest absolute Gasteiger partial charge is 0.0766 e. The molecule has 0 saturated heterocycles. The summed E-state index contributed by atoms with van der Waals surface area (Å²) in [5, 5.41) is 7.73. The van der Waals surface area contributed by atoms with E-state index in [1.165, 1.54) is 0 Å². The van der Waals surface area contributed by atoms with E-state index in [-0.39, 0.29) is 0 Å². The fraction of sp³-hybridized carbons (Fsp3) is 0.250. The van der Waals surface area contributed by atoms with Crippen molar-refractivity contribution in [2.75, 3.05) is 6.54 Å². The molecule has 1 heterocycles. The van der Waals surface area contributed by atoms with Gasteiger partial charge in [0.2, 0.25) is 0 Å². The molecule has 0 aliphatic carbocycles. The lowest BCUT2D eigenvalue weighted by atomic mass is 10.3. The second kappa shape index (κ2) is 4.75. The predicted octanol–water partition coefficient (Wildman–Crippen LogP) is 1.98. The minimum Gasteiger partial charge on any atom is -0.311 e. The third kappa shape index (κ3) is 2.44. The maximum Gasteiger partial charge on any atom is 0.0766 e. The molecule has 0 spiro atoms. The summed E-state index contributed by atoms with van der Waals surface area (Å²) < 4.78 is 1.90. The van der Waals surface area contributed by atoms with Gasteiger partial charge >= 0.3 is 0 Å². The van der Waals surface area contributed by atoms with Gasteiger partial charge in [0.05, 0.1) is 11.4 Å². The van der Waals surface area contributed by atoms with Gasteiger partial charge in [-0.15, -0.1) is 0 Å². The van der Waals surface area contributed by atoms with Gasteiger partial charge in [-0.3, -0.25) is 0 Å². The number of hydrogen-bond acceptors (Lipinski definition) is 2. The molecule has 3 nitrogen and oxygen atoms in total. The third-order valence-corrected chi connectivity index (χ3v) is 2.22. The van der Waals surface area contributed by atoms with Gasteiger partial charge in [-0.1, -0.05) is 25.1 Å². The first-order chi connectivity index (χ1) is 7.40. The molecule has 0 radical (unpaired) electrons. The van der Waals surface area contributed by atoms with Crippen LogP contribution in [0, 0.1) is 0 Å². The maximum atomic E-state index is 4.47. The van der Waals surface area contributed by atoms with Gasteiger partial charge in [-0.25, -0.2) is 4.68 Å². The zero-order valence-electron chi connectivity index (χ0n) is 8.85. The molecular formula is C12H15N3. The molecule has 15 heavy (non-hydrogen) atoms. The fourth-order valence-electron chi connectivity index (χ4n) is 1.43. The number of nitrogens with one attached hydrogen (secondary N) is 1. The summed E-state index contributed by atoms with van der Waals surface area (Å²) in [6.07, 6.45) is 1.99. The second-order valence-electron chi connectivity index (χ2n) is 3.37. The molecule has 2 aromatic rings. The molecule has 0 fully saturated rings. The highest BCUT2D eigenvalue weighted by molar-refractivity contribution is 5.30. The van der Waals surface area contributed by atoms with Crippen LogP contribution in [0.3, 0.4) is 0 Å². The van der Waals surface area contributed by atoms with E-state index in [0.717, 1.165) is 24.5 Å². The molecule has 3 heteroatoms. The molecule has 0 aliphatic rings. The van der Waals surface area contributed by atoms with Crippen LogP contribution in [-0.2, 0) is 6.54 Å². The third-order valence-electron chi connectivity index (χ3n) is 2.22. The first-order valence-corrected chi connectivity index (χ1v) is 5.21. The van der Waals surface area contributed by atoms with Crippen molar-refractivity contribution >= 4 is 0 Å². The van der Waals surface area contributed by atoms with E-state index in [4.69, 9.17) is 0 Å². The highest BCUT2D eigenvalue weighted by atomic mass is 15.3. The standard InChI is InChI=1S/C12H15N3/c1-2-13-10-11-8-9-15(14-11)12-6-4-3-5-7-12/h3-9,13H,2,10H2,1H3. The number of aromatic nitrogens is 2. The van der Waals surface area contributed by atoms with Crippen molar-refractivity contribution in [1.29, 1.82) is 0 Å². The largest absolute Gasteiger partial charge is 0.311 e. The van der Waals surface area contributed by atoms with Crippen LogP contribution in [0.25, 0.3) is 5.69 Å². The average Bonchev–Trinajstić information content (AvgIpc) is 2.76. The summed E-state index contributed by atoms with van der Waals surface area (Å²) in [7, 11) is 0. The molecule has 2 rings (SSSR count). The van der Waals surface area contributed by atoms with Crippen molar-refractivity contribution in [3.05, 3.63) is 48.3 Å². The Labute approximate surface area is 89.7 Å². The van der Waals surface area contributed by atoms with Gasteiger partial charge in [0.25, 0.3) is 0 Å². The Morgan fingerprint density at radius 1 is 1.20 bits per heavy atom. The topological polar surface area (TPSA) is 29.9 Å². The molecule has 0 atom stereocenters. The van der Waals surface area contributed by atoms with Crippen LogP contribution in [-0.4, -0.2) is 16.3 Å². The van der Waals surface area contributed by atoms with Crippen LogP contribution in [0.15, 0.2) is 42.6 Å². The number of para-hydroxylation sites is 1. The van der Waals surface area contributed by atoms with Crippen molar-refractivity contribution < 1.29 is 0 Å². The van der Waals surface area contributed by atoms with Crippen molar-refractivity contribution in [2.45, 2.75) is 13.5 Å². The number of hydrogen-bond donors (Lipinski definition) is 1. The summed E-state index contributed by atoms with van der Waals surface area (Å²) in [6.45, 7) is 3.89. The summed E-state index contributed by atoms with van der Waals surface area (Å²) >= 11 is 0. The first-order valence-electron chi connectivity index (χ1n) is 5.21. The minimum absolute atomic E-state index is 0.830. The summed E-state index contributed by atoms with van der Waals surface area (Å²) in [5.41, 5.74) is 2.17. The quantitative estimate of drug-likeness (QED) is 0.819. The molecule has 0 unspecified atom stereocenters. The van der Waals surface area contributed by atoms with E-state index >= 15 is 0 Å². The van der Waals surface area contributed by atoms with Gasteiger partial charge in [-0.2, -0.15) is 5.10 Å². The SMILES string of the molecule is CCNCc1ccn(-c2ccccc2)n1. The summed E-state index contributed by atoms with van der Waals surface area (Å²) in [5.74, 6) is 0. The lowest BCUT2D eigenvalue weighted by Crippen LogP contribution is -2.12. The Bertz CT molecular complexity index is 406. The Kier molecular flexibility index (Phi) is 3.15. The zero-order chi connectivity index (χ0) is 10.5. The van der Waals surface area contributed by atoms with Gasteiger partial charge in [0, 0.05) is 12.7 Å². The lowest BCUT2D eigenvalue weighted by molar-refractivity contribution is 0.696. The van der Waals surface area contributed by atoms with Crippen LogP contribution >= 0.6 is 0 Å². The summed E-state index contributed by atoms with van der Waals surface area (Å²) in [4.78, 5) is 0. The Morgan fingerprint density at radius 3 is 2.73 bits per heavy atom. The van der Waals surface area contributed by atoms with Gasteiger partial charge in [0.1, 0.15) is 0 Å². The molecule has 78 valence electrons. The van der Waals surface area contributed by atoms with Crippen molar-refractivity contribution in [3.63, 3.8) is 0 Å². The molecule has 0 aliphatic heterocycles. The highest BCUT2D eigenvalue weighted by Gasteiger charge is 1.99. The van der Waals surface area contributed by atoms with E-state index in [1.807, 2.05) is 47.3 Å². The van der Waals surface area contributed by atoms with E-state index < -0.39 is 0 Å². The van der Waals surface area contributed by atoms with Gasteiger partial charge in [0.15, 0.2) is 0 Å². The van der Waals surface area contributed by atoms with Crippen LogP contribution in [0.5, 0.6) is 0 Å². The van der Waals surface area contributed by atoms with Gasteiger partial charge in [-0.05, 0) is 24.7 Å². The molecule has 1 aromatic carbocycles. The number of nitrogens with zero attached hydrogens (tertiary/aromatic N) is 2. The molecular weight excluding hydrogens is 186 g/mol. The van der Waals surface area contributed by atoms with Crippen LogP contribution in [0.4, 0.5) is 0 Å². The Hall–Kier alpha value is -1.61. The number of rotatable bonds is 4. The molecule has 0 saturated carbocycles. The first kappa shape index (κ1) is 9.93. The average molecular weight is 201 g/mol. The van der Waals surface area contributed by atoms with E-state index in [2.05, 4.69) is 17.3 Å². The van der Waals surface area contributed by atoms with Crippen molar-refractivity contribution in [1.82, 2.24) is 15.1 Å². The monoisotopic (exact) mass is 201 g/mol. The fourth-order valence-corrected chi connectivity index (χ4v) is 1.43. The molecule has 0 bridgehead atoms. The van der Waals surface area contributed by atoms with E-state index in [9.17, 15) is 0 Å². The molecule has 1 N–H and O–H groups in total. The maximum absolute atomic E-state index is 4.47. The minimum atomic E-state index is 0.830.